The third-order valence-electron chi connectivity index (χ3n) is 3.39. The number of nitrogens with zero attached hydrogens (tertiary/aromatic N) is 3. The van der Waals surface area contributed by atoms with E-state index in [9.17, 15) is 0 Å². The van der Waals surface area contributed by atoms with Crippen LogP contribution in [0.15, 0.2) is 0 Å². The molecule has 0 aliphatic carbocycles. The van der Waals surface area contributed by atoms with Crippen LogP contribution in [0.25, 0.3) is 0 Å². The van der Waals surface area contributed by atoms with Gasteiger partial charge in [0.15, 0.2) is 0 Å². The number of aromatic nitrogens is 2. The van der Waals surface area contributed by atoms with Crippen LogP contribution in [0.5, 0.6) is 0 Å². The molecule has 2 heterocycles. The first-order valence-corrected chi connectivity index (χ1v) is 5.86. The summed E-state index contributed by atoms with van der Waals surface area (Å²) in [7, 11) is 0. The molecule has 0 radical (unpaired) electrons. The van der Waals surface area contributed by atoms with Crippen LogP contribution in [-0.4, -0.2) is 22.9 Å². The lowest BCUT2D eigenvalue weighted by Gasteiger charge is -2.24. The van der Waals surface area contributed by atoms with E-state index in [-0.39, 0.29) is 0 Å². The third kappa shape index (κ3) is 1.96. The summed E-state index contributed by atoms with van der Waals surface area (Å²) in [5.41, 5.74) is 3.30. The monoisotopic (exact) mass is 218 g/mol. The predicted molar refractivity (Wildman–Crippen MR) is 62.2 cm³/mol. The largest absolute Gasteiger partial charge is 0.317 e. The minimum Gasteiger partial charge on any atom is -0.317 e. The molecule has 0 amide bonds. The Morgan fingerprint density at radius 2 is 2.12 bits per heavy atom. The summed E-state index contributed by atoms with van der Waals surface area (Å²) < 4.78 is 2.13. The molecule has 0 spiro atoms. The smallest absolute Gasteiger partial charge is 0.0671 e. The van der Waals surface area contributed by atoms with Crippen molar-refractivity contribution in [3.8, 4) is 6.07 Å². The van der Waals surface area contributed by atoms with E-state index >= 15 is 0 Å². The minimum absolute atomic E-state index is 0.475. The molecule has 4 nitrogen and oxygen atoms in total. The SMILES string of the molecule is Cc1nn(C2CCNCC2)c(C)c1CC#N. The minimum atomic E-state index is 0.475. The molecule has 1 aliphatic rings. The van der Waals surface area contributed by atoms with E-state index in [0.29, 0.717) is 12.5 Å². The van der Waals surface area contributed by atoms with Crippen LogP contribution in [0.3, 0.4) is 0 Å². The van der Waals surface area contributed by atoms with E-state index in [4.69, 9.17) is 5.26 Å². The summed E-state index contributed by atoms with van der Waals surface area (Å²) in [6, 6.07) is 2.72. The van der Waals surface area contributed by atoms with Crippen molar-refractivity contribution in [1.82, 2.24) is 15.1 Å². The van der Waals surface area contributed by atoms with Gasteiger partial charge >= 0.3 is 0 Å². The highest BCUT2D eigenvalue weighted by Gasteiger charge is 2.20. The highest BCUT2D eigenvalue weighted by atomic mass is 15.3. The van der Waals surface area contributed by atoms with Gasteiger partial charge in [-0.05, 0) is 39.8 Å². The highest BCUT2D eigenvalue weighted by Crippen LogP contribution is 2.23. The van der Waals surface area contributed by atoms with Crippen molar-refractivity contribution in [2.45, 2.75) is 39.2 Å². The molecule has 0 bridgehead atoms. The van der Waals surface area contributed by atoms with Gasteiger partial charge in [-0.2, -0.15) is 10.4 Å². The summed E-state index contributed by atoms with van der Waals surface area (Å²) in [6.07, 6.45) is 2.74. The molecular formula is C12H18N4. The number of hydrogen-bond acceptors (Lipinski definition) is 3. The van der Waals surface area contributed by atoms with Gasteiger partial charge in [-0.25, -0.2) is 0 Å². The van der Waals surface area contributed by atoms with Crippen LogP contribution >= 0.6 is 0 Å². The van der Waals surface area contributed by atoms with Crippen LogP contribution in [0.4, 0.5) is 0 Å². The molecule has 0 atom stereocenters. The molecule has 1 aliphatic heterocycles. The van der Waals surface area contributed by atoms with Crippen LogP contribution in [0, 0.1) is 25.2 Å². The second kappa shape index (κ2) is 4.67. The Labute approximate surface area is 96.3 Å². The highest BCUT2D eigenvalue weighted by molar-refractivity contribution is 5.27. The number of nitriles is 1. The standard InChI is InChI=1S/C12H18N4/c1-9-12(3-6-13)10(2)16(15-9)11-4-7-14-8-5-11/h11,14H,3-5,7-8H2,1-2H3. The van der Waals surface area contributed by atoms with Gasteiger partial charge in [-0.1, -0.05) is 0 Å². The molecule has 16 heavy (non-hydrogen) atoms. The number of aryl methyl sites for hydroxylation is 1. The Kier molecular flexibility index (Phi) is 3.25. The van der Waals surface area contributed by atoms with Crippen molar-refractivity contribution in [2.75, 3.05) is 13.1 Å². The Bertz CT molecular complexity index is 407. The maximum absolute atomic E-state index is 8.79. The second-order valence-corrected chi connectivity index (χ2v) is 4.41. The van der Waals surface area contributed by atoms with Crippen molar-refractivity contribution in [2.24, 2.45) is 0 Å². The maximum atomic E-state index is 8.79. The van der Waals surface area contributed by atoms with E-state index in [1.165, 1.54) is 5.69 Å². The molecule has 1 N–H and O–H groups in total. The van der Waals surface area contributed by atoms with Crippen LogP contribution < -0.4 is 5.32 Å². The first-order chi connectivity index (χ1) is 7.74. The zero-order valence-corrected chi connectivity index (χ0v) is 9.95. The first kappa shape index (κ1) is 11.2. The van der Waals surface area contributed by atoms with Gasteiger partial charge in [0.05, 0.1) is 24.2 Å². The van der Waals surface area contributed by atoms with Crippen molar-refractivity contribution in [3.05, 3.63) is 17.0 Å². The fraction of sp³-hybridized carbons (Fsp3) is 0.667. The van der Waals surface area contributed by atoms with Gasteiger partial charge in [0.2, 0.25) is 0 Å². The fourth-order valence-corrected chi connectivity index (χ4v) is 2.44. The van der Waals surface area contributed by atoms with Crippen LogP contribution in [-0.2, 0) is 6.42 Å². The van der Waals surface area contributed by atoms with E-state index in [0.717, 1.165) is 37.2 Å². The molecule has 1 aromatic rings. The van der Waals surface area contributed by atoms with Gasteiger partial charge in [-0.3, -0.25) is 4.68 Å². The number of piperidine rings is 1. The number of hydrogen-bond donors (Lipinski definition) is 1. The van der Waals surface area contributed by atoms with Crippen molar-refractivity contribution in [1.29, 1.82) is 5.26 Å². The Hall–Kier alpha value is -1.34. The lowest BCUT2D eigenvalue weighted by Crippen LogP contribution is -2.30. The average Bonchev–Trinajstić information content (AvgIpc) is 2.59. The Balaban J connectivity index is 2.27. The zero-order valence-electron chi connectivity index (χ0n) is 9.95. The third-order valence-corrected chi connectivity index (χ3v) is 3.39. The second-order valence-electron chi connectivity index (χ2n) is 4.41. The predicted octanol–water partition coefficient (Wildman–Crippen LogP) is 1.49. The average molecular weight is 218 g/mol. The van der Waals surface area contributed by atoms with Gasteiger partial charge in [-0.15, -0.1) is 0 Å². The Morgan fingerprint density at radius 1 is 1.44 bits per heavy atom. The van der Waals surface area contributed by atoms with Gasteiger partial charge < -0.3 is 5.32 Å². The van der Waals surface area contributed by atoms with E-state index in [1.807, 2.05) is 6.92 Å². The molecular weight excluding hydrogens is 200 g/mol. The molecule has 0 saturated carbocycles. The van der Waals surface area contributed by atoms with Crippen molar-refractivity contribution >= 4 is 0 Å². The zero-order chi connectivity index (χ0) is 11.5. The van der Waals surface area contributed by atoms with Crippen molar-refractivity contribution in [3.63, 3.8) is 0 Å². The fourth-order valence-electron chi connectivity index (χ4n) is 2.44. The number of nitrogens with one attached hydrogen (secondary N) is 1. The van der Waals surface area contributed by atoms with E-state index in [2.05, 4.69) is 28.1 Å². The first-order valence-electron chi connectivity index (χ1n) is 5.86. The van der Waals surface area contributed by atoms with Gasteiger partial charge in [0, 0.05) is 11.3 Å². The summed E-state index contributed by atoms with van der Waals surface area (Å²) in [5, 5.41) is 16.7. The maximum Gasteiger partial charge on any atom is 0.0671 e. The lowest BCUT2D eigenvalue weighted by molar-refractivity contribution is 0.337. The Morgan fingerprint density at radius 3 is 2.75 bits per heavy atom. The molecule has 2 rings (SSSR count). The number of rotatable bonds is 2. The van der Waals surface area contributed by atoms with E-state index < -0.39 is 0 Å². The van der Waals surface area contributed by atoms with Gasteiger partial charge in [0.25, 0.3) is 0 Å². The molecule has 1 fully saturated rings. The summed E-state index contributed by atoms with van der Waals surface area (Å²) in [4.78, 5) is 0. The molecule has 4 heteroatoms. The van der Waals surface area contributed by atoms with Crippen LogP contribution in [0.1, 0.15) is 35.8 Å². The molecule has 1 saturated heterocycles. The molecule has 0 unspecified atom stereocenters. The quantitative estimate of drug-likeness (QED) is 0.818. The summed E-state index contributed by atoms with van der Waals surface area (Å²) in [5.74, 6) is 0. The topological polar surface area (TPSA) is 53.6 Å². The van der Waals surface area contributed by atoms with E-state index in [1.54, 1.807) is 0 Å². The molecule has 1 aromatic heterocycles. The lowest BCUT2D eigenvalue weighted by atomic mass is 10.1. The molecule has 0 aromatic carbocycles. The van der Waals surface area contributed by atoms with Crippen molar-refractivity contribution < 1.29 is 0 Å². The summed E-state index contributed by atoms with van der Waals surface area (Å²) in [6.45, 7) is 6.21. The normalized spacial score (nSPS) is 17.3. The van der Waals surface area contributed by atoms with Crippen LogP contribution in [0.2, 0.25) is 0 Å². The summed E-state index contributed by atoms with van der Waals surface area (Å²) >= 11 is 0. The molecule has 86 valence electrons. The van der Waals surface area contributed by atoms with Gasteiger partial charge in [0.1, 0.15) is 0 Å².